The van der Waals surface area contributed by atoms with E-state index in [1.54, 1.807) is 30.7 Å². The van der Waals surface area contributed by atoms with Crippen molar-refractivity contribution in [3.63, 3.8) is 0 Å². The zero-order valence-corrected chi connectivity index (χ0v) is 20.5. The first-order valence-corrected chi connectivity index (χ1v) is 11.7. The molecule has 0 aliphatic carbocycles. The van der Waals surface area contributed by atoms with Crippen LogP contribution in [0.25, 0.3) is 11.1 Å². The summed E-state index contributed by atoms with van der Waals surface area (Å²) >= 11 is 0. The molecule has 2 aromatic heterocycles. The summed E-state index contributed by atoms with van der Waals surface area (Å²) in [5, 5.41) is 3.04. The van der Waals surface area contributed by atoms with E-state index in [4.69, 9.17) is 0 Å². The van der Waals surface area contributed by atoms with Crippen molar-refractivity contribution in [2.45, 2.75) is 59.5 Å². The Kier molecular flexibility index (Phi) is 8.16. The van der Waals surface area contributed by atoms with Gasteiger partial charge in [0.1, 0.15) is 11.8 Å². The number of carbonyl (C=O) groups is 2. The van der Waals surface area contributed by atoms with E-state index in [9.17, 15) is 14.4 Å². The summed E-state index contributed by atoms with van der Waals surface area (Å²) in [5.74, 6) is -0.131. The molecule has 6 heteroatoms. The molecular weight excluding hydrogens is 426 g/mol. The van der Waals surface area contributed by atoms with E-state index in [2.05, 4.69) is 36.3 Å². The van der Waals surface area contributed by atoms with Crippen molar-refractivity contribution in [2.24, 2.45) is 5.92 Å². The number of benzene rings is 1. The van der Waals surface area contributed by atoms with Crippen LogP contribution in [0.2, 0.25) is 0 Å². The molecule has 0 saturated heterocycles. The van der Waals surface area contributed by atoms with Crippen LogP contribution in [0.1, 0.15) is 62.4 Å². The molecule has 2 heterocycles. The van der Waals surface area contributed by atoms with Crippen molar-refractivity contribution in [3.8, 4) is 11.1 Å². The largest absolute Gasteiger partial charge is 0.347 e. The number of nitrogens with zero attached hydrogens (tertiary/aromatic N) is 2. The molecule has 1 N–H and O–H groups in total. The lowest BCUT2D eigenvalue weighted by atomic mass is 9.94. The van der Waals surface area contributed by atoms with Gasteiger partial charge in [0.15, 0.2) is 0 Å². The predicted octanol–water partition coefficient (Wildman–Crippen LogP) is 4.95. The minimum atomic E-state index is -0.669. The summed E-state index contributed by atoms with van der Waals surface area (Å²) in [4.78, 5) is 42.5. The number of hydrogen-bond acceptors (Lipinski definition) is 4. The second-order valence-corrected chi connectivity index (χ2v) is 9.33. The first kappa shape index (κ1) is 25.1. The number of pyridine rings is 2. The molecule has 3 rings (SSSR count). The number of carbonyl (C=O) groups excluding carboxylic acids is 2. The second kappa shape index (κ2) is 11.1. The summed E-state index contributed by atoms with van der Waals surface area (Å²) in [5.41, 5.74) is 4.82. The zero-order chi connectivity index (χ0) is 24.8. The third kappa shape index (κ3) is 6.07. The maximum Gasteiger partial charge on any atom is 0.251 e. The van der Waals surface area contributed by atoms with E-state index in [-0.39, 0.29) is 29.6 Å². The summed E-state index contributed by atoms with van der Waals surface area (Å²) in [6.07, 6.45) is 5.77. The maximum atomic E-state index is 13.5. The van der Waals surface area contributed by atoms with Crippen LogP contribution in [0.15, 0.2) is 65.8 Å². The van der Waals surface area contributed by atoms with Crippen LogP contribution in [-0.2, 0) is 9.59 Å². The lowest BCUT2D eigenvalue weighted by molar-refractivity contribution is -0.126. The van der Waals surface area contributed by atoms with Crippen molar-refractivity contribution < 1.29 is 9.59 Å². The van der Waals surface area contributed by atoms with Gasteiger partial charge in [-0.1, -0.05) is 38.1 Å². The van der Waals surface area contributed by atoms with Gasteiger partial charge in [0.2, 0.25) is 5.91 Å². The fourth-order valence-electron chi connectivity index (χ4n) is 4.35. The van der Waals surface area contributed by atoms with E-state index >= 15 is 0 Å². The number of nitrogens with one attached hydrogen (secondary N) is 1. The summed E-state index contributed by atoms with van der Waals surface area (Å²) in [7, 11) is 0. The van der Waals surface area contributed by atoms with Crippen LogP contribution in [0.5, 0.6) is 0 Å². The van der Waals surface area contributed by atoms with E-state index in [1.807, 2.05) is 26.0 Å². The van der Waals surface area contributed by atoms with Gasteiger partial charge in [-0.05, 0) is 67.5 Å². The van der Waals surface area contributed by atoms with E-state index in [1.165, 1.54) is 17.6 Å². The highest BCUT2D eigenvalue weighted by Gasteiger charge is 2.26. The fraction of sp³-hybridized carbons (Fsp3) is 0.357. The first-order chi connectivity index (χ1) is 16.2. The van der Waals surface area contributed by atoms with Crippen molar-refractivity contribution in [3.05, 3.63) is 88.1 Å². The Morgan fingerprint density at radius 1 is 1.03 bits per heavy atom. The lowest BCUT2D eigenvalue weighted by Crippen LogP contribution is -2.39. The average molecular weight is 460 g/mol. The van der Waals surface area contributed by atoms with Crippen molar-refractivity contribution in [1.82, 2.24) is 14.9 Å². The first-order valence-electron chi connectivity index (χ1n) is 11.7. The summed E-state index contributed by atoms with van der Waals surface area (Å²) in [6, 6.07) is 11.8. The van der Waals surface area contributed by atoms with Crippen LogP contribution in [0.3, 0.4) is 0 Å². The number of Topliss-reactive ketones (excluding diaryl/α,β-unsaturated/α-hetero) is 1. The maximum absolute atomic E-state index is 13.5. The molecule has 3 aromatic rings. The molecule has 0 fully saturated rings. The zero-order valence-electron chi connectivity index (χ0n) is 20.5. The monoisotopic (exact) mass is 459 g/mol. The van der Waals surface area contributed by atoms with Gasteiger partial charge in [0.25, 0.3) is 5.56 Å². The fourth-order valence-corrected chi connectivity index (χ4v) is 4.35. The molecule has 0 radical (unpaired) electrons. The standard InChI is InChI=1S/C28H33N3O3/c1-18(2)13-25(31-12-7-6-11-26(31)33)28(34)30-24(14-21(5)32)22-15-23(17-29-16-22)27-19(3)9-8-10-20(27)4/h6-12,15-18,24-25H,13-14H2,1-5H3,(H,30,34)/t24-,25-/m1/s1. The highest BCUT2D eigenvalue weighted by Crippen LogP contribution is 2.29. The molecule has 0 aliphatic heterocycles. The molecular formula is C28H33N3O3. The van der Waals surface area contributed by atoms with Gasteiger partial charge in [-0.15, -0.1) is 0 Å². The Morgan fingerprint density at radius 3 is 2.35 bits per heavy atom. The highest BCUT2D eigenvalue weighted by molar-refractivity contribution is 5.83. The molecule has 0 bridgehead atoms. The molecule has 0 spiro atoms. The Morgan fingerprint density at radius 2 is 1.74 bits per heavy atom. The molecule has 0 saturated carbocycles. The number of aryl methyl sites for hydroxylation is 2. The SMILES string of the molecule is CC(=O)C[C@@H](NC(=O)[C@@H](CC(C)C)n1ccccc1=O)c1cncc(-c2c(C)cccc2C)c1. The molecule has 1 amide bonds. The van der Waals surface area contributed by atoms with Crippen molar-refractivity contribution in [1.29, 1.82) is 0 Å². The number of hydrogen-bond donors (Lipinski definition) is 1. The predicted molar refractivity (Wildman–Crippen MR) is 135 cm³/mol. The van der Waals surface area contributed by atoms with Crippen LogP contribution in [-0.4, -0.2) is 21.2 Å². The van der Waals surface area contributed by atoms with Gasteiger partial charge in [0.05, 0.1) is 6.04 Å². The van der Waals surface area contributed by atoms with E-state index in [0.29, 0.717) is 6.42 Å². The van der Waals surface area contributed by atoms with Crippen molar-refractivity contribution in [2.75, 3.05) is 0 Å². The quantitative estimate of drug-likeness (QED) is 0.491. The molecule has 34 heavy (non-hydrogen) atoms. The minimum Gasteiger partial charge on any atom is -0.347 e. The van der Waals surface area contributed by atoms with E-state index in [0.717, 1.165) is 27.8 Å². The highest BCUT2D eigenvalue weighted by atomic mass is 16.2. The molecule has 6 nitrogen and oxygen atoms in total. The molecule has 178 valence electrons. The normalized spacial score (nSPS) is 12.9. The van der Waals surface area contributed by atoms with Gasteiger partial charge < -0.3 is 9.88 Å². The van der Waals surface area contributed by atoms with Crippen LogP contribution in [0, 0.1) is 19.8 Å². The van der Waals surface area contributed by atoms with E-state index < -0.39 is 12.1 Å². The number of amides is 1. The Hall–Kier alpha value is -3.54. The molecule has 1 aromatic carbocycles. The average Bonchev–Trinajstić information content (AvgIpc) is 2.77. The van der Waals surface area contributed by atoms with Gasteiger partial charge in [-0.2, -0.15) is 0 Å². The minimum absolute atomic E-state index is 0.0416. The molecule has 2 atom stereocenters. The third-order valence-electron chi connectivity index (χ3n) is 5.92. The van der Waals surface area contributed by atoms with Gasteiger partial charge in [0, 0.05) is 36.6 Å². The Labute approximate surface area is 201 Å². The van der Waals surface area contributed by atoms with Crippen LogP contribution < -0.4 is 10.9 Å². The number of ketones is 1. The van der Waals surface area contributed by atoms with Crippen LogP contribution in [0.4, 0.5) is 0 Å². The molecule has 0 unspecified atom stereocenters. The molecule has 0 aliphatic rings. The summed E-state index contributed by atoms with van der Waals surface area (Å²) in [6.45, 7) is 9.64. The Balaban J connectivity index is 1.97. The third-order valence-corrected chi connectivity index (χ3v) is 5.92. The van der Waals surface area contributed by atoms with Gasteiger partial charge in [-0.25, -0.2) is 0 Å². The number of aromatic nitrogens is 2. The topological polar surface area (TPSA) is 81.1 Å². The Bertz CT molecular complexity index is 1210. The van der Waals surface area contributed by atoms with Gasteiger partial charge >= 0.3 is 0 Å². The second-order valence-electron chi connectivity index (χ2n) is 9.33. The lowest BCUT2D eigenvalue weighted by Gasteiger charge is -2.25. The summed E-state index contributed by atoms with van der Waals surface area (Å²) < 4.78 is 1.46. The number of rotatable bonds is 9. The van der Waals surface area contributed by atoms with Gasteiger partial charge in [-0.3, -0.25) is 19.4 Å². The smallest absolute Gasteiger partial charge is 0.251 e. The van der Waals surface area contributed by atoms with Crippen LogP contribution >= 0.6 is 0 Å². The van der Waals surface area contributed by atoms with Crippen molar-refractivity contribution >= 4 is 11.7 Å².